The highest BCUT2D eigenvalue weighted by molar-refractivity contribution is 7.89. The summed E-state index contributed by atoms with van der Waals surface area (Å²) in [7, 11) is -3.70. The first-order chi connectivity index (χ1) is 13.3. The lowest BCUT2D eigenvalue weighted by Gasteiger charge is -2.09. The molecule has 0 atom stereocenters. The summed E-state index contributed by atoms with van der Waals surface area (Å²) in [5.74, 6) is -0.368. The fraction of sp³-hybridized carbons (Fsp3) is 0.222. The second-order valence-electron chi connectivity index (χ2n) is 5.78. The topological polar surface area (TPSA) is 128 Å². The monoisotopic (exact) mass is 425 g/mol. The Morgan fingerprint density at radius 1 is 1.07 bits per heavy atom. The van der Waals surface area contributed by atoms with E-state index in [2.05, 4.69) is 10.0 Å². The van der Waals surface area contributed by atoms with Crippen molar-refractivity contribution >= 4 is 33.4 Å². The Kier molecular flexibility index (Phi) is 7.80. The van der Waals surface area contributed by atoms with Crippen LogP contribution in [0.25, 0.3) is 0 Å². The van der Waals surface area contributed by atoms with Gasteiger partial charge in [0.25, 0.3) is 5.91 Å². The number of hydrogen-bond acceptors (Lipinski definition) is 5. The number of nitrogens with one attached hydrogen (secondary N) is 2. The van der Waals surface area contributed by atoms with Gasteiger partial charge in [0, 0.05) is 18.1 Å². The van der Waals surface area contributed by atoms with Crippen molar-refractivity contribution in [2.75, 3.05) is 19.7 Å². The average Bonchev–Trinajstić information content (AvgIpc) is 2.64. The normalized spacial score (nSPS) is 11.0. The average molecular weight is 426 g/mol. The van der Waals surface area contributed by atoms with Crippen LogP contribution in [0.15, 0.2) is 53.4 Å². The molecule has 0 aliphatic heterocycles. The largest absolute Gasteiger partial charge is 0.484 e. The van der Waals surface area contributed by atoms with Crippen LogP contribution in [-0.4, -0.2) is 39.9 Å². The molecule has 0 aliphatic carbocycles. The lowest BCUT2D eigenvalue weighted by Crippen LogP contribution is -2.36. The number of benzene rings is 2. The van der Waals surface area contributed by atoms with Crippen LogP contribution in [0, 0.1) is 0 Å². The molecule has 0 unspecified atom stereocenters. The van der Waals surface area contributed by atoms with E-state index < -0.39 is 21.8 Å². The zero-order chi connectivity index (χ0) is 20.6. The minimum absolute atomic E-state index is 0.0163. The van der Waals surface area contributed by atoms with Gasteiger partial charge in [0.1, 0.15) is 5.75 Å². The van der Waals surface area contributed by atoms with Crippen molar-refractivity contribution in [3.05, 3.63) is 59.1 Å². The standard InChI is InChI=1S/C18H20ClN3O5S/c19-14-2-1-3-16(11-14)28(25,26)22-9-8-21-18(24)12-27-15-6-4-13(5-7-15)10-17(20)23/h1-7,11,22H,8-10,12H2,(H2,20,23)(H,21,24). The van der Waals surface area contributed by atoms with E-state index in [4.69, 9.17) is 22.1 Å². The predicted molar refractivity (Wildman–Crippen MR) is 104 cm³/mol. The predicted octanol–water partition coefficient (Wildman–Crippen LogP) is 0.841. The Morgan fingerprint density at radius 3 is 2.43 bits per heavy atom. The molecule has 0 spiro atoms. The van der Waals surface area contributed by atoms with E-state index in [1.54, 1.807) is 30.3 Å². The van der Waals surface area contributed by atoms with E-state index in [1.807, 2.05) is 0 Å². The van der Waals surface area contributed by atoms with Gasteiger partial charge in [-0.1, -0.05) is 29.8 Å². The van der Waals surface area contributed by atoms with Crippen LogP contribution in [-0.2, 0) is 26.0 Å². The molecule has 0 heterocycles. The van der Waals surface area contributed by atoms with Gasteiger partial charge in [-0.15, -0.1) is 0 Å². The van der Waals surface area contributed by atoms with Gasteiger partial charge in [0.15, 0.2) is 6.61 Å². The van der Waals surface area contributed by atoms with E-state index in [0.717, 1.165) is 5.56 Å². The number of halogens is 1. The molecule has 8 nitrogen and oxygen atoms in total. The lowest BCUT2D eigenvalue weighted by atomic mass is 10.1. The second-order valence-corrected chi connectivity index (χ2v) is 7.98. The molecule has 0 fully saturated rings. The van der Waals surface area contributed by atoms with Gasteiger partial charge in [-0.25, -0.2) is 13.1 Å². The van der Waals surface area contributed by atoms with Crippen LogP contribution in [0.5, 0.6) is 5.75 Å². The highest BCUT2D eigenvalue weighted by Gasteiger charge is 2.13. The maximum absolute atomic E-state index is 12.1. The summed E-state index contributed by atoms with van der Waals surface area (Å²) >= 11 is 5.79. The van der Waals surface area contributed by atoms with Crippen LogP contribution >= 0.6 is 11.6 Å². The number of rotatable bonds is 10. The van der Waals surface area contributed by atoms with E-state index in [0.29, 0.717) is 10.8 Å². The van der Waals surface area contributed by atoms with Gasteiger partial charge in [-0.2, -0.15) is 0 Å². The Hall–Kier alpha value is -2.62. The Bertz CT molecular complexity index is 932. The van der Waals surface area contributed by atoms with Gasteiger partial charge < -0.3 is 15.8 Å². The maximum atomic E-state index is 12.1. The minimum atomic E-state index is -3.70. The summed E-state index contributed by atoms with van der Waals surface area (Å²) in [5, 5.41) is 2.86. The zero-order valence-corrected chi connectivity index (χ0v) is 16.4. The highest BCUT2D eigenvalue weighted by atomic mass is 35.5. The number of sulfonamides is 1. The molecule has 150 valence electrons. The fourth-order valence-electron chi connectivity index (χ4n) is 2.21. The van der Waals surface area contributed by atoms with Crippen LogP contribution in [0.3, 0.4) is 0 Å². The fourth-order valence-corrected chi connectivity index (χ4v) is 3.54. The van der Waals surface area contributed by atoms with Crippen molar-refractivity contribution in [3.8, 4) is 5.75 Å². The Balaban J connectivity index is 1.70. The van der Waals surface area contributed by atoms with Crippen molar-refractivity contribution in [1.82, 2.24) is 10.0 Å². The van der Waals surface area contributed by atoms with E-state index in [1.165, 1.54) is 18.2 Å². The van der Waals surface area contributed by atoms with Gasteiger partial charge in [-0.05, 0) is 35.9 Å². The smallest absolute Gasteiger partial charge is 0.257 e. The summed E-state index contributed by atoms with van der Waals surface area (Å²) in [4.78, 5) is 22.7. The molecular weight excluding hydrogens is 406 g/mol. The molecule has 4 N–H and O–H groups in total. The number of hydrogen-bond donors (Lipinski definition) is 3. The van der Waals surface area contributed by atoms with Crippen molar-refractivity contribution in [3.63, 3.8) is 0 Å². The molecule has 0 saturated carbocycles. The quantitative estimate of drug-likeness (QED) is 0.486. The molecule has 0 radical (unpaired) electrons. The maximum Gasteiger partial charge on any atom is 0.257 e. The molecule has 2 aromatic rings. The number of amides is 2. The van der Waals surface area contributed by atoms with Gasteiger partial charge >= 0.3 is 0 Å². The van der Waals surface area contributed by atoms with E-state index >= 15 is 0 Å². The molecule has 10 heteroatoms. The number of ether oxygens (including phenoxy) is 1. The molecule has 28 heavy (non-hydrogen) atoms. The van der Waals surface area contributed by atoms with E-state index in [9.17, 15) is 18.0 Å². The third-order valence-electron chi connectivity index (χ3n) is 3.52. The Morgan fingerprint density at radius 2 is 1.79 bits per heavy atom. The number of carbonyl (C=O) groups is 2. The Labute approximate surface area is 168 Å². The highest BCUT2D eigenvalue weighted by Crippen LogP contribution is 2.15. The first kappa shape index (κ1) is 21.7. The minimum Gasteiger partial charge on any atom is -0.484 e. The van der Waals surface area contributed by atoms with Crippen LogP contribution < -0.4 is 20.5 Å². The zero-order valence-electron chi connectivity index (χ0n) is 14.9. The molecule has 0 aliphatic rings. The number of nitrogens with two attached hydrogens (primary N) is 1. The SMILES string of the molecule is NC(=O)Cc1ccc(OCC(=O)NCCNS(=O)(=O)c2cccc(Cl)c2)cc1. The number of primary amides is 1. The van der Waals surface area contributed by atoms with Gasteiger partial charge in [0.2, 0.25) is 15.9 Å². The van der Waals surface area contributed by atoms with Crippen LogP contribution in [0.4, 0.5) is 0 Å². The lowest BCUT2D eigenvalue weighted by molar-refractivity contribution is -0.123. The van der Waals surface area contributed by atoms with Gasteiger partial charge in [0.05, 0.1) is 11.3 Å². The van der Waals surface area contributed by atoms with E-state index in [-0.39, 0.29) is 31.0 Å². The summed E-state index contributed by atoms with van der Waals surface area (Å²) in [6.07, 6.45) is 0.131. The third-order valence-corrected chi connectivity index (χ3v) is 5.21. The first-order valence-corrected chi connectivity index (χ1v) is 10.1. The molecule has 2 amide bonds. The first-order valence-electron chi connectivity index (χ1n) is 8.28. The van der Waals surface area contributed by atoms with Crippen LogP contribution in [0.2, 0.25) is 5.02 Å². The summed E-state index contributed by atoms with van der Waals surface area (Å²) in [6, 6.07) is 12.5. The molecular formula is C18H20ClN3O5S. The van der Waals surface area contributed by atoms with Crippen molar-refractivity contribution < 1.29 is 22.7 Å². The molecule has 2 aromatic carbocycles. The molecule has 0 bridgehead atoms. The summed E-state index contributed by atoms with van der Waals surface area (Å²) in [6.45, 7) is -0.113. The van der Waals surface area contributed by atoms with Crippen molar-refractivity contribution in [2.45, 2.75) is 11.3 Å². The molecule has 2 rings (SSSR count). The summed E-state index contributed by atoms with van der Waals surface area (Å²) in [5.41, 5.74) is 5.86. The van der Waals surface area contributed by atoms with Crippen molar-refractivity contribution in [1.29, 1.82) is 0 Å². The van der Waals surface area contributed by atoms with Crippen LogP contribution in [0.1, 0.15) is 5.56 Å². The summed E-state index contributed by atoms with van der Waals surface area (Å²) < 4.78 is 31.9. The number of carbonyl (C=O) groups excluding carboxylic acids is 2. The molecule has 0 aromatic heterocycles. The van der Waals surface area contributed by atoms with Crippen molar-refractivity contribution in [2.24, 2.45) is 5.73 Å². The van der Waals surface area contributed by atoms with Gasteiger partial charge in [-0.3, -0.25) is 9.59 Å². The second kappa shape index (κ2) is 10.1. The molecule has 0 saturated heterocycles. The third kappa shape index (κ3) is 7.18.